The summed E-state index contributed by atoms with van der Waals surface area (Å²) in [6.45, 7) is 1.61. The van der Waals surface area contributed by atoms with Gasteiger partial charge in [-0.05, 0) is 18.9 Å². The van der Waals surface area contributed by atoms with Gasteiger partial charge in [0, 0.05) is 11.3 Å². The summed E-state index contributed by atoms with van der Waals surface area (Å²) in [5.74, 6) is 1.01. The van der Waals surface area contributed by atoms with E-state index in [-0.39, 0.29) is 16.5 Å². The van der Waals surface area contributed by atoms with Crippen molar-refractivity contribution >= 4 is 21.4 Å². The molecule has 1 atom stereocenters. The Labute approximate surface area is 130 Å². The molecule has 21 heavy (non-hydrogen) atoms. The number of hydrogen-bond acceptors (Lipinski definition) is 5. The van der Waals surface area contributed by atoms with E-state index >= 15 is 0 Å². The first kappa shape index (κ1) is 18.1. The Balaban J connectivity index is 2.81. The van der Waals surface area contributed by atoms with Crippen LogP contribution < -0.4 is 9.47 Å². The minimum Gasteiger partial charge on any atom is -0.493 e. The third-order valence-corrected chi connectivity index (χ3v) is 5.43. The Morgan fingerprint density at radius 1 is 1.29 bits per heavy atom. The smallest absolute Gasteiger partial charge is 0.179 e. The molecule has 1 rings (SSSR count). The van der Waals surface area contributed by atoms with Crippen molar-refractivity contribution in [3.8, 4) is 11.5 Å². The van der Waals surface area contributed by atoms with Crippen molar-refractivity contribution in [1.82, 2.24) is 0 Å². The standard InChI is InChI=1S/C14H21ClO5S/c1-4-21(17,18)9-5-6-11(16)10-7-8-12(19-2)14(20-3)13(10)15/h7-8,11,16H,4-6,9H2,1-3H3. The normalized spacial score (nSPS) is 13.0. The second-order valence-electron chi connectivity index (χ2n) is 4.60. The van der Waals surface area contributed by atoms with Crippen LogP contribution in [0.5, 0.6) is 11.5 Å². The molecule has 0 radical (unpaired) electrons. The SMILES string of the molecule is CCS(=O)(=O)CCCC(O)c1ccc(OC)c(OC)c1Cl. The number of aliphatic hydroxyl groups is 1. The highest BCUT2D eigenvalue weighted by Gasteiger charge is 2.19. The third-order valence-electron chi connectivity index (χ3n) is 3.25. The molecule has 0 amide bonds. The zero-order valence-corrected chi connectivity index (χ0v) is 14.0. The molecule has 1 aromatic rings. The van der Waals surface area contributed by atoms with E-state index in [1.165, 1.54) is 14.2 Å². The molecule has 120 valence electrons. The monoisotopic (exact) mass is 336 g/mol. The van der Waals surface area contributed by atoms with Crippen LogP contribution in [-0.2, 0) is 9.84 Å². The molecular formula is C14H21ClO5S. The van der Waals surface area contributed by atoms with Crippen LogP contribution in [0.25, 0.3) is 0 Å². The molecule has 0 spiro atoms. The van der Waals surface area contributed by atoms with E-state index in [1.54, 1.807) is 19.1 Å². The van der Waals surface area contributed by atoms with Gasteiger partial charge >= 0.3 is 0 Å². The summed E-state index contributed by atoms with van der Waals surface area (Å²) < 4.78 is 33.1. The van der Waals surface area contributed by atoms with Crippen molar-refractivity contribution in [1.29, 1.82) is 0 Å². The van der Waals surface area contributed by atoms with E-state index in [9.17, 15) is 13.5 Å². The van der Waals surface area contributed by atoms with Crippen LogP contribution in [0.3, 0.4) is 0 Å². The fourth-order valence-corrected chi connectivity index (χ4v) is 3.21. The minimum atomic E-state index is -3.02. The van der Waals surface area contributed by atoms with Crippen molar-refractivity contribution < 1.29 is 23.0 Å². The highest BCUT2D eigenvalue weighted by Crippen LogP contribution is 2.40. The summed E-state index contributed by atoms with van der Waals surface area (Å²) >= 11 is 6.20. The van der Waals surface area contributed by atoms with Gasteiger partial charge in [-0.1, -0.05) is 24.6 Å². The number of benzene rings is 1. The first-order valence-corrected chi connectivity index (χ1v) is 8.85. The van der Waals surface area contributed by atoms with Gasteiger partial charge in [-0.2, -0.15) is 0 Å². The maximum absolute atomic E-state index is 11.4. The van der Waals surface area contributed by atoms with Crippen molar-refractivity contribution in [2.45, 2.75) is 25.9 Å². The minimum absolute atomic E-state index is 0.0610. The maximum Gasteiger partial charge on any atom is 0.179 e. The van der Waals surface area contributed by atoms with Gasteiger partial charge in [0.1, 0.15) is 9.84 Å². The molecule has 1 aromatic carbocycles. The molecule has 7 heteroatoms. The summed E-state index contributed by atoms with van der Waals surface area (Å²) in [6.07, 6.45) is -0.152. The van der Waals surface area contributed by atoms with Gasteiger partial charge in [-0.15, -0.1) is 0 Å². The van der Waals surface area contributed by atoms with Gasteiger partial charge in [-0.3, -0.25) is 0 Å². The lowest BCUT2D eigenvalue weighted by Crippen LogP contribution is -2.10. The van der Waals surface area contributed by atoms with Gasteiger partial charge in [-0.25, -0.2) is 8.42 Å². The number of sulfone groups is 1. The molecule has 0 aliphatic heterocycles. The molecule has 0 aliphatic rings. The number of rotatable bonds is 8. The Hall–Kier alpha value is -0.980. The number of hydrogen-bond donors (Lipinski definition) is 1. The summed E-state index contributed by atoms with van der Waals surface area (Å²) in [7, 11) is -0.0539. The average Bonchev–Trinajstić information content (AvgIpc) is 2.46. The summed E-state index contributed by atoms with van der Waals surface area (Å²) in [4.78, 5) is 0. The molecular weight excluding hydrogens is 316 g/mol. The lowest BCUT2D eigenvalue weighted by atomic mass is 10.0. The van der Waals surface area contributed by atoms with Crippen LogP contribution in [0.2, 0.25) is 5.02 Å². The molecule has 0 heterocycles. The summed E-state index contributed by atoms with van der Waals surface area (Å²) in [6, 6.07) is 3.31. The predicted octanol–water partition coefficient (Wildman–Crippen LogP) is 2.61. The van der Waals surface area contributed by atoms with Gasteiger partial charge in [0.05, 0.1) is 31.1 Å². The van der Waals surface area contributed by atoms with Crippen LogP contribution in [0.15, 0.2) is 12.1 Å². The second-order valence-corrected chi connectivity index (χ2v) is 7.45. The number of ether oxygens (including phenoxy) is 2. The van der Waals surface area contributed by atoms with Crippen molar-refractivity contribution in [2.24, 2.45) is 0 Å². The van der Waals surface area contributed by atoms with Gasteiger partial charge in [0.2, 0.25) is 0 Å². The molecule has 5 nitrogen and oxygen atoms in total. The van der Waals surface area contributed by atoms with Crippen LogP contribution in [0, 0.1) is 0 Å². The highest BCUT2D eigenvalue weighted by atomic mass is 35.5. The van der Waals surface area contributed by atoms with Crippen LogP contribution in [0.4, 0.5) is 0 Å². The third kappa shape index (κ3) is 4.76. The predicted molar refractivity (Wildman–Crippen MR) is 83.1 cm³/mol. The highest BCUT2D eigenvalue weighted by molar-refractivity contribution is 7.91. The molecule has 0 aliphatic carbocycles. The molecule has 0 saturated carbocycles. The summed E-state index contributed by atoms with van der Waals surface area (Å²) in [5.41, 5.74) is 0.503. The largest absolute Gasteiger partial charge is 0.493 e. The van der Waals surface area contributed by atoms with E-state index < -0.39 is 15.9 Å². The molecule has 0 bridgehead atoms. The van der Waals surface area contributed by atoms with Crippen LogP contribution in [0.1, 0.15) is 31.4 Å². The maximum atomic E-state index is 11.4. The number of aliphatic hydroxyl groups excluding tert-OH is 1. The van der Waals surface area contributed by atoms with Crippen LogP contribution >= 0.6 is 11.6 Å². The van der Waals surface area contributed by atoms with Crippen molar-refractivity contribution in [3.63, 3.8) is 0 Å². The fourth-order valence-electron chi connectivity index (χ4n) is 1.96. The van der Waals surface area contributed by atoms with Gasteiger partial charge in [0.15, 0.2) is 11.5 Å². The Morgan fingerprint density at radius 3 is 2.48 bits per heavy atom. The zero-order chi connectivity index (χ0) is 16.0. The van der Waals surface area contributed by atoms with E-state index in [2.05, 4.69) is 0 Å². The number of methoxy groups -OCH3 is 2. The van der Waals surface area contributed by atoms with E-state index in [1.807, 2.05) is 0 Å². The first-order chi connectivity index (χ1) is 9.86. The van der Waals surface area contributed by atoms with Crippen molar-refractivity contribution in [3.05, 3.63) is 22.7 Å². The average molecular weight is 337 g/mol. The molecule has 0 fully saturated rings. The Kier molecular flexibility index (Phi) is 6.77. The van der Waals surface area contributed by atoms with Crippen molar-refractivity contribution in [2.75, 3.05) is 25.7 Å². The lowest BCUT2D eigenvalue weighted by Gasteiger charge is -2.16. The topological polar surface area (TPSA) is 72.8 Å². The lowest BCUT2D eigenvalue weighted by molar-refractivity contribution is 0.166. The zero-order valence-electron chi connectivity index (χ0n) is 12.4. The van der Waals surface area contributed by atoms with E-state index in [4.69, 9.17) is 21.1 Å². The Bertz CT molecular complexity index is 571. The van der Waals surface area contributed by atoms with Gasteiger partial charge in [0.25, 0.3) is 0 Å². The number of halogens is 1. The molecule has 1 unspecified atom stereocenters. The molecule has 1 N–H and O–H groups in total. The Morgan fingerprint density at radius 2 is 1.95 bits per heavy atom. The summed E-state index contributed by atoms with van der Waals surface area (Å²) in [5, 5.41) is 10.5. The second kappa shape index (κ2) is 7.87. The quantitative estimate of drug-likeness (QED) is 0.790. The van der Waals surface area contributed by atoms with Gasteiger partial charge < -0.3 is 14.6 Å². The van der Waals surface area contributed by atoms with E-state index in [0.29, 0.717) is 29.9 Å². The van der Waals surface area contributed by atoms with Crippen LogP contribution in [-0.4, -0.2) is 39.2 Å². The van der Waals surface area contributed by atoms with E-state index in [0.717, 1.165) is 0 Å². The first-order valence-electron chi connectivity index (χ1n) is 6.65. The fraction of sp³-hybridized carbons (Fsp3) is 0.571. The molecule has 0 aromatic heterocycles. The molecule has 0 saturated heterocycles.